The van der Waals surface area contributed by atoms with Crippen molar-refractivity contribution < 1.29 is 31.9 Å². The highest BCUT2D eigenvalue weighted by atomic mass is 19.3. The van der Waals surface area contributed by atoms with Gasteiger partial charge in [0.2, 0.25) is 0 Å². The van der Waals surface area contributed by atoms with Gasteiger partial charge in [0.25, 0.3) is 11.8 Å². The number of ether oxygens (including phenoxy) is 1. The average Bonchev–Trinajstić information content (AvgIpc) is 2.79. The summed E-state index contributed by atoms with van der Waals surface area (Å²) >= 11 is 0. The molecule has 2 aromatic carbocycles. The summed E-state index contributed by atoms with van der Waals surface area (Å²) in [5, 5.41) is 0. The van der Waals surface area contributed by atoms with Crippen LogP contribution in [0.15, 0.2) is 48.5 Å². The van der Waals surface area contributed by atoms with Gasteiger partial charge >= 0.3 is 12.5 Å². The molecule has 0 spiro atoms. The van der Waals surface area contributed by atoms with Crippen LogP contribution in [0.25, 0.3) is 0 Å². The van der Waals surface area contributed by atoms with Crippen molar-refractivity contribution in [2.75, 3.05) is 4.90 Å². The maximum atomic E-state index is 13.0. The minimum absolute atomic E-state index is 0.0521. The third-order valence-electron chi connectivity index (χ3n) is 3.38. The molecule has 0 unspecified atom stereocenters. The number of amides is 2. The number of imide groups is 1. The first-order valence-corrected chi connectivity index (χ1v) is 6.74. The summed E-state index contributed by atoms with van der Waals surface area (Å²) in [6.45, 7) is 0. The van der Waals surface area contributed by atoms with Gasteiger partial charge in [-0.1, -0.05) is 18.2 Å². The lowest BCUT2D eigenvalue weighted by Gasteiger charge is -2.19. The zero-order valence-electron chi connectivity index (χ0n) is 11.9. The predicted octanol–water partition coefficient (Wildman–Crippen LogP) is 3.72. The molecule has 0 N–H and O–H groups in total. The van der Waals surface area contributed by atoms with Crippen LogP contribution < -0.4 is 9.64 Å². The zero-order valence-corrected chi connectivity index (χ0v) is 11.9. The molecule has 0 aliphatic carbocycles. The van der Waals surface area contributed by atoms with E-state index in [0.717, 1.165) is 17.0 Å². The van der Waals surface area contributed by atoms with E-state index >= 15 is 0 Å². The molecule has 0 saturated heterocycles. The van der Waals surface area contributed by atoms with Gasteiger partial charge in [-0.2, -0.15) is 17.6 Å². The normalized spacial score (nSPS) is 14.3. The SMILES string of the molecule is O=C1c2ccccc2C(=O)N1c1cccc(OC(F)(F)C(F)F)c1. The monoisotopic (exact) mass is 339 g/mol. The van der Waals surface area contributed by atoms with Crippen molar-refractivity contribution in [2.24, 2.45) is 0 Å². The molecule has 0 saturated carbocycles. The maximum Gasteiger partial charge on any atom is 0.461 e. The molecule has 8 heteroatoms. The molecule has 124 valence electrons. The molecule has 0 bridgehead atoms. The largest absolute Gasteiger partial charge is 0.461 e. The van der Waals surface area contributed by atoms with E-state index in [0.29, 0.717) is 0 Å². The van der Waals surface area contributed by atoms with Crippen molar-refractivity contribution in [1.82, 2.24) is 0 Å². The molecule has 1 heterocycles. The molecule has 4 nitrogen and oxygen atoms in total. The third-order valence-corrected chi connectivity index (χ3v) is 3.38. The van der Waals surface area contributed by atoms with Crippen LogP contribution in [-0.4, -0.2) is 24.3 Å². The fraction of sp³-hybridized carbons (Fsp3) is 0.125. The maximum absolute atomic E-state index is 13.0. The molecule has 0 radical (unpaired) electrons. The lowest BCUT2D eigenvalue weighted by molar-refractivity contribution is -0.253. The number of fused-ring (bicyclic) bond motifs is 1. The molecule has 0 fully saturated rings. The Morgan fingerprint density at radius 1 is 0.917 bits per heavy atom. The summed E-state index contributed by atoms with van der Waals surface area (Å²) in [6.07, 6.45) is -8.69. The summed E-state index contributed by atoms with van der Waals surface area (Å²) in [5.41, 5.74) is 0.294. The van der Waals surface area contributed by atoms with E-state index in [1.54, 1.807) is 12.1 Å². The first-order chi connectivity index (χ1) is 11.3. The van der Waals surface area contributed by atoms with Crippen LogP contribution in [0.5, 0.6) is 5.75 Å². The van der Waals surface area contributed by atoms with Gasteiger partial charge in [0.05, 0.1) is 16.8 Å². The lowest BCUT2D eigenvalue weighted by Crippen LogP contribution is -2.33. The van der Waals surface area contributed by atoms with E-state index in [-0.39, 0.29) is 16.8 Å². The van der Waals surface area contributed by atoms with Gasteiger partial charge in [-0.15, -0.1) is 0 Å². The molecule has 2 aromatic rings. The highest BCUT2D eigenvalue weighted by Crippen LogP contribution is 2.33. The Labute approximate surface area is 133 Å². The molecule has 2 amide bonds. The minimum atomic E-state index is -4.68. The number of nitrogens with zero attached hydrogens (tertiary/aromatic N) is 1. The number of carbonyl (C=O) groups is 2. The van der Waals surface area contributed by atoms with Crippen molar-refractivity contribution in [3.63, 3.8) is 0 Å². The third kappa shape index (κ3) is 2.60. The highest BCUT2D eigenvalue weighted by molar-refractivity contribution is 6.34. The zero-order chi connectivity index (χ0) is 17.5. The van der Waals surface area contributed by atoms with Crippen LogP contribution in [0.1, 0.15) is 20.7 Å². The Bertz CT molecular complexity index is 787. The van der Waals surface area contributed by atoms with Gasteiger partial charge in [0.1, 0.15) is 5.75 Å². The van der Waals surface area contributed by atoms with Gasteiger partial charge in [-0.3, -0.25) is 9.59 Å². The Hall–Kier alpha value is -2.90. The van der Waals surface area contributed by atoms with E-state index in [1.807, 2.05) is 0 Å². The summed E-state index contributed by atoms with van der Waals surface area (Å²) in [5.74, 6) is -1.85. The van der Waals surface area contributed by atoms with Crippen LogP contribution in [0.2, 0.25) is 0 Å². The number of carbonyl (C=O) groups excluding carboxylic acids is 2. The average molecular weight is 339 g/mol. The van der Waals surface area contributed by atoms with Crippen LogP contribution >= 0.6 is 0 Å². The van der Waals surface area contributed by atoms with E-state index < -0.39 is 30.1 Å². The predicted molar refractivity (Wildman–Crippen MR) is 75.6 cm³/mol. The molecular formula is C16H9F4NO3. The highest BCUT2D eigenvalue weighted by Gasteiger charge is 2.44. The van der Waals surface area contributed by atoms with E-state index in [1.165, 1.54) is 24.3 Å². The quantitative estimate of drug-likeness (QED) is 0.630. The lowest BCUT2D eigenvalue weighted by atomic mass is 10.1. The van der Waals surface area contributed by atoms with E-state index in [2.05, 4.69) is 4.74 Å². The standard InChI is InChI=1S/C16H9F4NO3/c17-15(18)16(19,20)24-10-5-3-4-9(8-10)21-13(22)11-6-1-2-7-12(11)14(21)23/h1-8,15H. The first kappa shape index (κ1) is 16.0. The van der Waals surface area contributed by atoms with Crippen molar-refractivity contribution in [2.45, 2.75) is 12.5 Å². The second kappa shape index (κ2) is 5.63. The number of rotatable bonds is 4. The van der Waals surface area contributed by atoms with E-state index in [9.17, 15) is 27.2 Å². The van der Waals surface area contributed by atoms with Crippen molar-refractivity contribution in [3.05, 3.63) is 59.7 Å². The first-order valence-electron chi connectivity index (χ1n) is 6.74. The Balaban J connectivity index is 1.94. The van der Waals surface area contributed by atoms with Crippen LogP contribution in [-0.2, 0) is 0 Å². The van der Waals surface area contributed by atoms with Crippen LogP contribution in [0.4, 0.5) is 23.2 Å². The summed E-state index contributed by atoms with van der Waals surface area (Å²) in [4.78, 5) is 25.4. The molecule has 0 atom stereocenters. The minimum Gasteiger partial charge on any atom is -0.428 e. The summed E-state index contributed by atoms with van der Waals surface area (Å²) in [7, 11) is 0. The Kier molecular flexibility index (Phi) is 3.75. The second-order valence-electron chi connectivity index (χ2n) is 4.95. The smallest absolute Gasteiger partial charge is 0.428 e. The molecule has 1 aliphatic heterocycles. The fourth-order valence-electron chi connectivity index (χ4n) is 2.31. The molecule has 3 rings (SSSR count). The molecule has 1 aliphatic rings. The Morgan fingerprint density at radius 2 is 1.50 bits per heavy atom. The fourth-order valence-corrected chi connectivity index (χ4v) is 2.31. The summed E-state index contributed by atoms with van der Waals surface area (Å²) < 4.78 is 54.4. The van der Waals surface area contributed by atoms with Gasteiger partial charge in [-0.25, -0.2) is 4.90 Å². The van der Waals surface area contributed by atoms with Crippen molar-refractivity contribution in [3.8, 4) is 5.75 Å². The molecule has 0 aromatic heterocycles. The number of hydrogen-bond donors (Lipinski definition) is 0. The van der Waals surface area contributed by atoms with Gasteiger partial charge in [-0.05, 0) is 24.3 Å². The second-order valence-corrected chi connectivity index (χ2v) is 4.95. The number of hydrogen-bond acceptors (Lipinski definition) is 3. The molecular weight excluding hydrogens is 330 g/mol. The van der Waals surface area contributed by atoms with Gasteiger partial charge in [0, 0.05) is 6.07 Å². The van der Waals surface area contributed by atoms with E-state index in [4.69, 9.17) is 0 Å². The van der Waals surface area contributed by atoms with Gasteiger partial charge < -0.3 is 4.74 Å². The number of halogens is 4. The Morgan fingerprint density at radius 3 is 2.04 bits per heavy atom. The van der Waals surface area contributed by atoms with Crippen molar-refractivity contribution in [1.29, 1.82) is 0 Å². The van der Waals surface area contributed by atoms with Crippen molar-refractivity contribution >= 4 is 17.5 Å². The number of anilines is 1. The number of alkyl halides is 4. The topological polar surface area (TPSA) is 46.6 Å². The number of benzene rings is 2. The summed E-state index contributed by atoms with van der Waals surface area (Å²) in [6, 6.07) is 10.6. The molecule has 24 heavy (non-hydrogen) atoms. The van der Waals surface area contributed by atoms with Gasteiger partial charge in [0.15, 0.2) is 0 Å². The van der Waals surface area contributed by atoms with Crippen LogP contribution in [0, 0.1) is 0 Å². The van der Waals surface area contributed by atoms with Crippen LogP contribution in [0.3, 0.4) is 0 Å².